The van der Waals surface area contributed by atoms with E-state index in [2.05, 4.69) is 19.9 Å². The number of alkyl halides is 2. The largest absolute Gasteiger partial charge is 0.384 e. The van der Waals surface area contributed by atoms with Gasteiger partial charge in [0.25, 0.3) is 6.43 Å². The quantitative estimate of drug-likeness (QED) is 0.758. The van der Waals surface area contributed by atoms with Crippen molar-refractivity contribution < 1.29 is 18.3 Å². The van der Waals surface area contributed by atoms with E-state index < -0.39 is 6.43 Å². The molecule has 3 fully saturated rings. The van der Waals surface area contributed by atoms with Crippen molar-refractivity contribution in [2.75, 3.05) is 41.8 Å². The molecule has 2 aromatic rings. The molecule has 5 rings (SSSR count). The minimum atomic E-state index is -2.76. The van der Waals surface area contributed by atoms with Gasteiger partial charge in [-0.2, -0.15) is 15.0 Å². The van der Waals surface area contributed by atoms with E-state index in [1.807, 2.05) is 4.90 Å². The third-order valence-corrected chi connectivity index (χ3v) is 6.36. The molecule has 2 aromatic heterocycles. The van der Waals surface area contributed by atoms with Gasteiger partial charge in [-0.3, -0.25) is 4.79 Å². The van der Waals surface area contributed by atoms with Crippen LogP contribution in [0.5, 0.6) is 0 Å². The number of carbonyl (C=O) groups excluding carboxylic acids is 1. The number of rotatable bonds is 4. The van der Waals surface area contributed by atoms with Gasteiger partial charge in [0.1, 0.15) is 11.6 Å². The fraction of sp³-hybridized carbons (Fsp3) is 0.571. The van der Waals surface area contributed by atoms with Crippen molar-refractivity contribution in [3.05, 3.63) is 17.8 Å². The van der Waals surface area contributed by atoms with Crippen LogP contribution in [-0.2, 0) is 9.53 Å². The van der Waals surface area contributed by atoms with Gasteiger partial charge in [0.2, 0.25) is 11.9 Å². The molecule has 5 heterocycles. The van der Waals surface area contributed by atoms with E-state index in [4.69, 9.17) is 15.5 Å². The summed E-state index contributed by atoms with van der Waals surface area (Å²) in [6.45, 7) is 2.25. The Morgan fingerprint density at radius 2 is 1.75 bits per heavy atom. The van der Waals surface area contributed by atoms with Gasteiger partial charge in [-0.05, 0) is 25.3 Å². The third kappa shape index (κ3) is 3.96. The lowest BCUT2D eigenvalue weighted by atomic mass is 9.84. The number of ether oxygens (including phenoxy) is 1. The maximum atomic E-state index is 13.8. The highest BCUT2D eigenvalue weighted by Crippen LogP contribution is 2.37. The molecule has 11 heteroatoms. The Morgan fingerprint density at radius 1 is 1.06 bits per heavy atom. The van der Waals surface area contributed by atoms with Gasteiger partial charge in [-0.1, -0.05) is 0 Å². The highest BCUT2D eigenvalue weighted by atomic mass is 19.3. The number of pyridine rings is 1. The Balaban J connectivity index is 1.62. The number of hydrogen-bond acceptors (Lipinski definition) is 9. The summed E-state index contributed by atoms with van der Waals surface area (Å²) in [5.74, 6) is 1.24. The second-order valence-electron chi connectivity index (χ2n) is 8.45. The van der Waals surface area contributed by atoms with E-state index in [1.54, 1.807) is 0 Å². The predicted molar refractivity (Wildman–Crippen MR) is 114 cm³/mol. The Morgan fingerprint density at radius 3 is 2.44 bits per heavy atom. The van der Waals surface area contributed by atoms with E-state index in [-0.39, 0.29) is 40.6 Å². The summed E-state index contributed by atoms with van der Waals surface area (Å²) in [4.78, 5) is 34.2. The molecular formula is C21H25F2N7O2. The van der Waals surface area contributed by atoms with Gasteiger partial charge >= 0.3 is 0 Å². The van der Waals surface area contributed by atoms with E-state index in [9.17, 15) is 13.6 Å². The molecule has 170 valence electrons. The number of fused-ring (bicyclic) bond motifs is 2. The molecular weight excluding hydrogens is 420 g/mol. The zero-order valence-corrected chi connectivity index (χ0v) is 17.6. The molecule has 3 aliphatic heterocycles. The van der Waals surface area contributed by atoms with Crippen molar-refractivity contribution >= 4 is 23.5 Å². The number of piperidine rings is 2. The number of nitrogen functional groups attached to an aromatic ring is 1. The van der Waals surface area contributed by atoms with Gasteiger partial charge in [0.15, 0.2) is 5.82 Å². The first kappa shape index (κ1) is 20.9. The second kappa shape index (κ2) is 8.53. The first-order valence-corrected chi connectivity index (χ1v) is 10.9. The number of nitrogens with zero attached hydrogens (tertiary/aromatic N) is 6. The van der Waals surface area contributed by atoms with Crippen molar-refractivity contribution in [1.29, 1.82) is 0 Å². The van der Waals surface area contributed by atoms with Crippen LogP contribution in [0.15, 0.2) is 12.3 Å². The standard InChI is InChI=1S/C21H25F2N7O2/c22-18(23)15-10-17(24)25-11-16(15)19-26-20(29-4-6-32-7-5-29)28-21(27-19)30-12-2-1-3-13(30)9-14(31)8-12/h10-13,18H,1-9H2,(H2,24,25). The maximum Gasteiger partial charge on any atom is 0.264 e. The molecule has 32 heavy (non-hydrogen) atoms. The van der Waals surface area contributed by atoms with Crippen molar-refractivity contribution in [1.82, 2.24) is 19.9 Å². The van der Waals surface area contributed by atoms with E-state index in [0.717, 1.165) is 25.3 Å². The molecule has 3 saturated heterocycles. The van der Waals surface area contributed by atoms with Crippen LogP contribution in [0, 0.1) is 0 Å². The number of carbonyl (C=O) groups is 1. The van der Waals surface area contributed by atoms with Gasteiger partial charge in [-0.15, -0.1) is 0 Å². The van der Waals surface area contributed by atoms with Crippen LogP contribution in [0.2, 0.25) is 0 Å². The summed E-state index contributed by atoms with van der Waals surface area (Å²) in [6.07, 6.45) is 2.25. The lowest BCUT2D eigenvalue weighted by molar-refractivity contribution is -0.121. The van der Waals surface area contributed by atoms with Crippen LogP contribution < -0.4 is 15.5 Å². The number of ketones is 1. The van der Waals surface area contributed by atoms with Crippen LogP contribution in [0.1, 0.15) is 44.1 Å². The van der Waals surface area contributed by atoms with Crippen molar-refractivity contribution in [2.24, 2.45) is 0 Å². The average Bonchev–Trinajstić information content (AvgIpc) is 2.78. The zero-order valence-electron chi connectivity index (χ0n) is 17.6. The highest BCUT2D eigenvalue weighted by Gasteiger charge is 2.39. The minimum absolute atomic E-state index is 0.0100. The topological polar surface area (TPSA) is 110 Å². The Labute approximate surface area is 184 Å². The molecule has 0 saturated carbocycles. The SMILES string of the molecule is Nc1cc(C(F)F)c(-c2nc(N3CCOCC3)nc(N3C4CCCC3CC(=O)C4)n2)cn1. The molecule has 0 spiro atoms. The Hall–Kier alpha value is -2.95. The molecule has 0 aromatic carbocycles. The summed E-state index contributed by atoms with van der Waals surface area (Å²) in [7, 11) is 0. The highest BCUT2D eigenvalue weighted by molar-refractivity contribution is 5.82. The molecule has 2 atom stereocenters. The number of nitrogens with two attached hydrogens (primary N) is 1. The number of Topliss-reactive ketones (excluding diaryl/α,β-unsaturated/α-hetero) is 1. The van der Waals surface area contributed by atoms with Crippen LogP contribution in [-0.4, -0.2) is 64.1 Å². The summed E-state index contributed by atoms with van der Waals surface area (Å²) in [5, 5.41) is 0. The molecule has 2 N–H and O–H groups in total. The fourth-order valence-electron chi connectivity index (χ4n) is 4.85. The summed E-state index contributed by atoms with van der Waals surface area (Å²) in [6, 6.07) is 1.19. The number of aromatic nitrogens is 4. The predicted octanol–water partition coefficient (Wildman–Crippen LogP) is 2.38. The smallest absolute Gasteiger partial charge is 0.264 e. The minimum Gasteiger partial charge on any atom is -0.384 e. The van der Waals surface area contributed by atoms with Crippen LogP contribution in [0.4, 0.5) is 26.5 Å². The molecule has 0 radical (unpaired) electrons. The summed E-state index contributed by atoms with van der Waals surface area (Å²) >= 11 is 0. The third-order valence-electron chi connectivity index (χ3n) is 6.36. The number of halogens is 2. The Kier molecular flexibility index (Phi) is 5.58. The van der Waals surface area contributed by atoms with E-state index in [0.29, 0.717) is 51.0 Å². The normalized spacial score (nSPS) is 23.7. The van der Waals surface area contributed by atoms with Crippen LogP contribution in [0.3, 0.4) is 0 Å². The Bertz CT molecular complexity index is 1000. The maximum absolute atomic E-state index is 13.8. The van der Waals surface area contributed by atoms with Crippen molar-refractivity contribution in [3.8, 4) is 11.4 Å². The number of morpholine rings is 1. The van der Waals surface area contributed by atoms with Gasteiger partial charge in [0, 0.05) is 55.3 Å². The lowest BCUT2D eigenvalue weighted by Crippen LogP contribution is -2.53. The van der Waals surface area contributed by atoms with Gasteiger partial charge in [0.05, 0.1) is 13.2 Å². The number of anilines is 3. The molecule has 0 amide bonds. The van der Waals surface area contributed by atoms with Crippen LogP contribution in [0.25, 0.3) is 11.4 Å². The summed E-state index contributed by atoms with van der Waals surface area (Å²) < 4.78 is 33.0. The molecule has 9 nitrogen and oxygen atoms in total. The summed E-state index contributed by atoms with van der Waals surface area (Å²) in [5.41, 5.74) is 5.52. The molecule has 2 bridgehead atoms. The van der Waals surface area contributed by atoms with E-state index >= 15 is 0 Å². The van der Waals surface area contributed by atoms with Gasteiger partial charge in [-0.25, -0.2) is 13.8 Å². The van der Waals surface area contributed by atoms with E-state index in [1.165, 1.54) is 6.20 Å². The first-order chi connectivity index (χ1) is 15.5. The number of hydrogen-bond donors (Lipinski definition) is 1. The average molecular weight is 445 g/mol. The first-order valence-electron chi connectivity index (χ1n) is 10.9. The monoisotopic (exact) mass is 445 g/mol. The second-order valence-corrected chi connectivity index (χ2v) is 8.45. The zero-order chi connectivity index (χ0) is 22.2. The molecule has 3 aliphatic rings. The van der Waals surface area contributed by atoms with Gasteiger partial charge < -0.3 is 20.3 Å². The molecule has 2 unspecified atom stereocenters. The van der Waals surface area contributed by atoms with Crippen LogP contribution >= 0.6 is 0 Å². The lowest BCUT2D eigenvalue weighted by Gasteiger charge is -2.45. The van der Waals surface area contributed by atoms with Crippen molar-refractivity contribution in [2.45, 2.75) is 50.6 Å². The fourth-order valence-corrected chi connectivity index (χ4v) is 4.85. The van der Waals surface area contributed by atoms with Crippen molar-refractivity contribution in [3.63, 3.8) is 0 Å². The molecule has 0 aliphatic carbocycles.